The van der Waals surface area contributed by atoms with E-state index in [-0.39, 0.29) is 11.9 Å². The molecule has 0 saturated carbocycles. The summed E-state index contributed by atoms with van der Waals surface area (Å²) in [6.07, 6.45) is 1.05. The van der Waals surface area contributed by atoms with Gasteiger partial charge in [-0.25, -0.2) is 4.39 Å². The molecule has 0 bridgehead atoms. The Morgan fingerprint density at radius 2 is 1.95 bits per heavy atom. The van der Waals surface area contributed by atoms with Crippen LogP contribution < -0.4 is 10.1 Å². The summed E-state index contributed by atoms with van der Waals surface area (Å²) in [4.78, 5) is 0. The lowest BCUT2D eigenvalue weighted by atomic mass is 10.1. The molecule has 0 saturated heterocycles. The minimum atomic E-state index is -0.295. The molecule has 1 N–H and O–H groups in total. The van der Waals surface area contributed by atoms with Crippen LogP contribution in [0, 0.1) is 5.82 Å². The number of hydrogen-bond acceptors (Lipinski definition) is 4. The molecule has 5 heteroatoms. The molecule has 0 amide bonds. The van der Waals surface area contributed by atoms with Crippen molar-refractivity contribution in [1.82, 2.24) is 5.32 Å². The van der Waals surface area contributed by atoms with Crippen molar-refractivity contribution in [2.45, 2.75) is 26.3 Å². The largest absolute Gasteiger partial charge is 0.491 e. The van der Waals surface area contributed by atoms with E-state index in [0.29, 0.717) is 32.2 Å². The number of rotatable bonds is 11. The summed E-state index contributed by atoms with van der Waals surface area (Å²) in [7, 11) is 1.63. The van der Waals surface area contributed by atoms with Gasteiger partial charge >= 0.3 is 0 Å². The van der Waals surface area contributed by atoms with Gasteiger partial charge in [0, 0.05) is 24.8 Å². The monoisotopic (exact) mass is 299 g/mol. The average Bonchev–Trinajstić information content (AvgIpc) is 2.48. The van der Waals surface area contributed by atoms with E-state index in [2.05, 4.69) is 12.2 Å². The smallest absolute Gasteiger partial charge is 0.127 e. The van der Waals surface area contributed by atoms with Crippen molar-refractivity contribution in [1.29, 1.82) is 0 Å². The number of ether oxygens (including phenoxy) is 3. The van der Waals surface area contributed by atoms with Crippen LogP contribution in [0.1, 0.15) is 31.9 Å². The van der Waals surface area contributed by atoms with Crippen LogP contribution in [0.2, 0.25) is 0 Å². The van der Waals surface area contributed by atoms with Crippen LogP contribution in [0.5, 0.6) is 5.75 Å². The third-order valence-corrected chi connectivity index (χ3v) is 3.06. The summed E-state index contributed by atoms with van der Waals surface area (Å²) in [5.41, 5.74) is 0.960. The van der Waals surface area contributed by atoms with Crippen LogP contribution in [0.3, 0.4) is 0 Å². The van der Waals surface area contributed by atoms with Crippen molar-refractivity contribution in [3.8, 4) is 5.75 Å². The number of nitrogens with one attached hydrogen (secondary N) is 1. The Morgan fingerprint density at radius 3 is 2.67 bits per heavy atom. The van der Waals surface area contributed by atoms with Crippen molar-refractivity contribution < 1.29 is 18.6 Å². The van der Waals surface area contributed by atoms with Gasteiger partial charge in [-0.2, -0.15) is 0 Å². The molecule has 0 aliphatic rings. The maximum Gasteiger partial charge on any atom is 0.127 e. The molecule has 0 aromatic heterocycles. The molecule has 0 radical (unpaired) electrons. The van der Waals surface area contributed by atoms with Crippen molar-refractivity contribution in [2.75, 3.05) is 40.1 Å². The number of halogens is 1. The van der Waals surface area contributed by atoms with Gasteiger partial charge in [-0.05, 0) is 26.0 Å². The Labute approximate surface area is 126 Å². The van der Waals surface area contributed by atoms with Gasteiger partial charge in [-0.3, -0.25) is 0 Å². The van der Waals surface area contributed by atoms with Crippen LogP contribution in [-0.2, 0) is 9.47 Å². The Morgan fingerprint density at radius 1 is 1.19 bits per heavy atom. The predicted molar refractivity (Wildman–Crippen MR) is 81.3 cm³/mol. The van der Waals surface area contributed by atoms with Crippen molar-refractivity contribution >= 4 is 0 Å². The topological polar surface area (TPSA) is 39.7 Å². The van der Waals surface area contributed by atoms with E-state index in [1.165, 1.54) is 12.1 Å². The molecule has 1 rings (SSSR count). The second-order valence-corrected chi connectivity index (χ2v) is 4.81. The first-order valence-corrected chi connectivity index (χ1v) is 7.41. The third-order valence-electron chi connectivity index (χ3n) is 3.06. The molecule has 0 spiro atoms. The van der Waals surface area contributed by atoms with Gasteiger partial charge in [-0.15, -0.1) is 0 Å². The summed E-state index contributed by atoms with van der Waals surface area (Å²) in [5, 5.41) is 3.38. The maximum atomic E-state index is 13.4. The Kier molecular flexibility index (Phi) is 8.98. The number of methoxy groups -OCH3 is 1. The quantitative estimate of drug-likeness (QED) is 0.638. The second kappa shape index (κ2) is 10.5. The fourth-order valence-corrected chi connectivity index (χ4v) is 1.92. The number of hydrogen-bond donors (Lipinski definition) is 1. The van der Waals surface area contributed by atoms with Crippen LogP contribution in [-0.4, -0.2) is 40.1 Å². The lowest BCUT2D eigenvalue weighted by Crippen LogP contribution is -2.20. The van der Waals surface area contributed by atoms with E-state index >= 15 is 0 Å². The van der Waals surface area contributed by atoms with Crippen LogP contribution >= 0.6 is 0 Å². The summed E-state index contributed by atoms with van der Waals surface area (Å²) >= 11 is 0. The molecule has 0 fully saturated rings. The average molecular weight is 299 g/mol. The summed E-state index contributed by atoms with van der Waals surface area (Å²) in [6, 6.07) is 4.77. The second-order valence-electron chi connectivity index (χ2n) is 4.81. The van der Waals surface area contributed by atoms with E-state index in [1.807, 2.05) is 6.92 Å². The SMILES string of the molecule is CCCNC(C)c1ccc(F)cc1OCCOCCOC. The van der Waals surface area contributed by atoms with Crippen LogP contribution in [0.4, 0.5) is 4.39 Å². The molecule has 4 nitrogen and oxygen atoms in total. The Balaban J connectivity index is 2.52. The molecule has 0 aliphatic heterocycles. The van der Waals surface area contributed by atoms with Gasteiger partial charge in [0.25, 0.3) is 0 Å². The Hall–Kier alpha value is -1.17. The zero-order valence-electron chi connectivity index (χ0n) is 13.2. The summed E-state index contributed by atoms with van der Waals surface area (Å²) in [6.45, 7) is 7.01. The van der Waals surface area contributed by atoms with Gasteiger partial charge in [0.1, 0.15) is 18.2 Å². The standard InChI is InChI=1S/C16H26FNO3/c1-4-7-18-13(2)15-6-5-14(17)12-16(15)21-11-10-20-9-8-19-3/h5-6,12-13,18H,4,7-11H2,1-3H3. The van der Waals surface area contributed by atoms with E-state index < -0.39 is 0 Å². The summed E-state index contributed by atoms with van der Waals surface area (Å²) < 4.78 is 29.3. The summed E-state index contributed by atoms with van der Waals surface area (Å²) in [5.74, 6) is 0.276. The fraction of sp³-hybridized carbons (Fsp3) is 0.625. The first-order valence-electron chi connectivity index (χ1n) is 7.41. The molecule has 21 heavy (non-hydrogen) atoms. The lowest BCUT2D eigenvalue weighted by Gasteiger charge is -2.18. The third kappa shape index (κ3) is 6.89. The zero-order valence-corrected chi connectivity index (χ0v) is 13.2. The van der Waals surface area contributed by atoms with Gasteiger partial charge < -0.3 is 19.5 Å². The minimum Gasteiger partial charge on any atom is -0.491 e. The predicted octanol–water partition coefficient (Wildman–Crippen LogP) is 2.93. The first-order chi connectivity index (χ1) is 10.2. The molecule has 1 aromatic carbocycles. The van der Waals surface area contributed by atoms with E-state index in [0.717, 1.165) is 18.5 Å². The maximum absolute atomic E-state index is 13.4. The molecule has 1 aromatic rings. The molecule has 0 heterocycles. The van der Waals surface area contributed by atoms with Gasteiger partial charge in [0.05, 0.1) is 19.8 Å². The molecular weight excluding hydrogens is 273 g/mol. The highest BCUT2D eigenvalue weighted by atomic mass is 19.1. The fourth-order valence-electron chi connectivity index (χ4n) is 1.92. The van der Waals surface area contributed by atoms with Crippen molar-refractivity contribution in [3.05, 3.63) is 29.6 Å². The van der Waals surface area contributed by atoms with Gasteiger partial charge in [-0.1, -0.05) is 13.0 Å². The minimum absolute atomic E-state index is 0.120. The highest BCUT2D eigenvalue weighted by Crippen LogP contribution is 2.26. The molecule has 0 aliphatic carbocycles. The highest BCUT2D eigenvalue weighted by molar-refractivity contribution is 5.36. The van der Waals surface area contributed by atoms with Crippen molar-refractivity contribution in [2.24, 2.45) is 0 Å². The first kappa shape index (κ1) is 17.9. The highest BCUT2D eigenvalue weighted by Gasteiger charge is 2.12. The lowest BCUT2D eigenvalue weighted by molar-refractivity contribution is 0.0541. The van der Waals surface area contributed by atoms with Crippen molar-refractivity contribution in [3.63, 3.8) is 0 Å². The molecule has 120 valence electrons. The molecule has 1 atom stereocenters. The van der Waals surface area contributed by atoms with Gasteiger partial charge in [0.2, 0.25) is 0 Å². The van der Waals surface area contributed by atoms with E-state index in [9.17, 15) is 4.39 Å². The molecule has 1 unspecified atom stereocenters. The van der Waals surface area contributed by atoms with Gasteiger partial charge in [0.15, 0.2) is 0 Å². The number of benzene rings is 1. The van der Waals surface area contributed by atoms with E-state index in [1.54, 1.807) is 13.2 Å². The normalized spacial score (nSPS) is 12.4. The Bertz CT molecular complexity index is 401. The van der Waals surface area contributed by atoms with Crippen LogP contribution in [0.15, 0.2) is 18.2 Å². The van der Waals surface area contributed by atoms with Crippen LogP contribution in [0.25, 0.3) is 0 Å². The molecular formula is C16H26FNO3. The van der Waals surface area contributed by atoms with E-state index in [4.69, 9.17) is 14.2 Å². The zero-order chi connectivity index (χ0) is 15.5.